The van der Waals surface area contributed by atoms with Crippen LogP contribution < -0.4 is 4.90 Å². The summed E-state index contributed by atoms with van der Waals surface area (Å²) in [4.78, 5) is 10.0. The fourth-order valence-electron chi connectivity index (χ4n) is 2.27. The van der Waals surface area contributed by atoms with Gasteiger partial charge >= 0.3 is 0 Å². The molecule has 0 N–H and O–H groups in total. The van der Waals surface area contributed by atoms with Crippen LogP contribution in [0.3, 0.4) is 0 Å². The normalized spacial score (nSPS) is 21.6. The van der Waals surface area contributed by atoms with Gasteiger partial charge in [0, 0.05) is 18.5 Å². The van der Waals surface area contributed by atoms with Crippen molar-refractivity contribution in [3.63, 3.8) is 0 Å². The molecule has 1 aromatic heterocycles. The summed E-state index contributed by atoms with van der Waals surface area (Å²) in [7, 11) is 0. The first kappa shape index (κ1) is 9.07. The van der Waals surface area contributed by atoms with Crippen LogP contribution in [-0.4, -0.2) is 23.1 Å². The Morgan fingerprint density at radius 2 is 2.13 bits per heavy atom. The number of rotatable bonds is 2. The van der Waals surface area contributed by atoms with Gasteiger partial charge in [0.15, 0.2) is 11.6 Å². The molecule has 0 amide bonds. The highest BCUT2D eigenvalue weighted by Gasteiger charge is 2.53. The van der Waals surface area contributed by atoms with E-state index in [-0.39, 0.29) is 5.82 Å². The summed E-state index contributed by atoms with van der Waals surface area (Å²) in [6.07, 6.45) is 4.70. The van der Waals surface area contributed by atoms with Gasteiger partial charge in [0.05, 0.1) is 5.69 Å². The summed E-state index contributed by atoms with van der Waals surface area (Å²) < 4.78 is 13.8. The molecule has 0 unspecified atom stereocenters. The monoisotopic (exact) mass is 207 g/mol. The van der Waals surface area contributed by atoms with Gasteiger partial charge < -0.3 is 4.90 Å². The van der Waals surface area contributed by atoms with Crippen molar-refractivity contribution in [2.75, 3.05) is 18.0 Å². The van der Waals surface area contributed by atoms with Crippen LogP contribution in [0.1, 0.15) is 25.5 Å². The van der Waals surface area contributed by atoms with E-state index in [0.29, 0.717) is 23.3 Å². The molecule has 2 heterocycles. The van der Waals surface area contributed by atoms with Crippen molar-refractivity contribution in [1.29, 1.82) is 0 Å². The summed E-state index contributed by atoms with van der Waals surface area (Å²) in [6.45, 7) is 3.86. The molecule has 80 valence electrons. The molecule has 15 heavy (non-hydrogen) atoms. The number of hydrogen-bond acceptors (Lipinski definition) is 3. The second-order valence-corrected chi connectivity index (χ2v) is 4.67. The molecule has 2 aliphatic rings. The number of aryl methyl sites for hydroxylation is 1. The average molecular weight is 207 g/mol. The summed E-state index contributed by atoms with van der Waals surface area (Å²) in [5, 5.41) is 0. The number of anilines is 1. The zero-order valence-corrected chi connectivity index (χ0v) is 8.83. The lowest BCUT2D eigenvalue weighted by molar-refractivity contribution is 0.377. The molecule has 0 aromatic carbocycles. The van der Waals surface area contributed by atoms with Crippen LogP contribution in [0.4, 0.5) is 10.2 Å². The summed E-state index contributed by atoms with van der Waals surface area (Å²) in [6, 6.07) is 0. The molecule has 4 heteroatoms. The Labute approximate surface area is 88.3 Å². The van der Waals surface area contributed by atoms with Gasteiger partial charge in [0.1, 0.15) is 6.33 Å². The molecule has 0 bridgehead atoms. The Kier molecular flexibility index (Phi) is 1.75. The minimum Gasteiger partial charge on any atom is -0.353 e. The zero-order chi connectivity index (χ0) is 10.5. The standard InChI is InChI=1S/C11H14FN3/c1-2-8-9(12)10(14-7-13-8)15-5-11(6-15)3-4-11/h7H,2-6H2,1H3. The lowest BCUT2D eigenvalue weighted by Gasteiger charge is -2.40. The third-order valence-electron chi connectivity index (χ3n) is 3.49. The molecule has 0 atom stereocenters. The van der Waals surface area contributed by atoms with E-state index < -0.39 is 0 Å². The quantitative estimate of drug-likeness (QED) is 0.740. The zero-order valence-electron chi connectivity index (χ0n) is 8.83. The number of halogens is 1. The Bertz CT molecular complexity index is 393. The van der Waals surface area contributed by atoms with E-state index in [1.54, 1.807) is 0 Å². The molecule has 1 aliphatic carbocycles. The number of nitrogens with zero attached hydrogens (tertiary/aromatic N) is 3. The van der Waals surface area contributed by atoms with E-state index in [0.717, 1.165) is 13.1 Å². The first-order valence-electron chi connectivity index (χ1n) is 5.48. The number of hydrogen-bond donors (Lipinski definition) is 0. The fourth-order valence-corrected chi connectivity index (χ4v) is 2.27. The third kappa shape index (κ3) is 1.31. The minimum absolute atomic E-state index is 0.226. The van der Waals surface area contributed by atoms with Gasteiger partial charge in [-0.15, -0.1) is 0 Å². The van der Waals surface area contributed by atoms with Gasteiger partial charge in [-0.2, -0.15) is 0 Å². The van der Waals surface area contributed by atoms with E-state index in [9.17, 15) is 4.39 Å². The maximum Gasteiger partial charge on any atom is 0.187 e. The van der Waals surface area contributed by atoms with Gasteiger partial charge in [-0.05, 0) is 19.3 Å². The fraction of sp³-hybridized carbons (Fsp3) is 0.636. The lowest BCUT2D eigenvalue weighted by atomic mass is 9.97. The van der Waals surface area contributed by atoms with Crippen LogP contribution in [0.5, 0.6) is 0 Å². The molecule has 2 fully saturated rings. The average Bonchev–Trinajstić information content (AvgIpc) is 2.96. The highest BCUT2D eigenvalue weighted by molar-refractivity contribution is 5.46. The second kappa shape index (κ2) is 2.90. The topological polar surface area (TPSA) is 29.0 Å². The first-order valence-corrected chi connectivity index (χ1v) is 5.48. The minimum atomic E-state index is -0.226. The first-order chi connectivity index (χ1) is 7.24. The molecule has 3 rings (SSSR count). The van der Waals surface area contributed by atoms with E-state index in [2.05, 4.69) is 9.97 Å². The lowest BCUT2D eigenvalue weighted by Crippen LogP contribution is -2.49. The van der Waals surface area contributed by atoms with Gasteiger partial charge in [-0.1, -0.05) is 6.92 Å². The van der Waals surface area contributed by atoms with Gasteiger partial charge in [-0.3, -0.25) is 0 Å². The molecular formula is C11H14FN3. The molecule has 3 nitrogen and oxygen atoms in total. The van der Waals surface area contributed by atoms with Crippen molar-refractivity contribution in [3.8, 4) is 0 Å². The van der Waals surface area contributed by atoms with Crippen LogP contribution in [0.15, 0.2) is 6.33 Å². The van der Waals surface area contributed by atoms with Crippen LogP contribution in [0.2, 0.25) is 0 Å². The van der Waals surface area contributed by atoms with E-state index >= 15 is 0 Å². The second-order valence-electron chi connectivity index (χ2n) is 4.67. The van der Waals surface area contributed by atoms with E-state index in [1.165, 1.54) is 19.2 Å². The molecule has 1 saturated heterocycles. The predicted molar refractivity (Wildman–Crippen MR) is 55.2 cm³/mol. The largest absolute Gasteiger partial charge is 0.353 e. The van der Waals surface area contributed by atoms with Crippen LogP contribution >= 0.6 is 0 Å². The summed E-state index contributed by atoms with van der Waals surface area (Å²) in [5.41, 5.74) is 1.06. The van der Waals surface area contributed by atoms with Crippen LogP contribution in [0, 0.1) is 11.2 Å². The number of aromatic nitrogens is 2. The highest BCUT2D eigenvalue weighted by Crippen LogP contribution is 2.53. The summed E-state index contributed by atoms with van der Waals surface area (Å²) in [5.74, 6) is 0.273. The van der Waals surface area contributed by atoms with Crippen molar-refractivity contribution in [3.05, 3.63) is 17.8 Å². The Hall–Kier alpha value is -1.19. The predicted octanol–water partition coefficient (Wildman–Crippen LogP) is 1.78. The molecule has 0 radical (unpaired) electrons. The van der Waals surface area contributed by atoms with Crippen LogP contribution in [-0.2, 0) is 6.42 Å². The summed E-state index contributed by atoms with van der Waals surface area (Å²) >= 11 is 0. The molecule has 1 aliphatic heterocycles. The van der Waals surface area contributed by atoms with Crippen molar-refractivity contribution < 1.29 is 4.39 Å². The highest BCUT2D eigenvalue weighted by atomic mass is 19.1. The van der Waals surface area contributed by atoms with Gasteiger partial charge in [0.25, 0.3) is 0 Å². The maximum absolute atomic E-state index is 13.8. The van der Waals surface area contributed by atoms with Gasteiger partial charge in [0.2, 0.25) is 0 Å². The van der Waals surface area contributed by atoms with Crippen molar-refractivity contribution in [2.45, 2.75) is 26.2 Å². The third-order valence-corrected chi connectivity index (χ3v) is 3.49. The smallest absolute Gasteiger partial charge is 0.187 e. The van der Waals surface area contributed by atoms with Crippen LogP contribution in [0.25, 0.3) is 0 Å². The molecular weight excluding hydrogens is 193 g/mol. The molecule has 1 saturated carbocycles. The van der Waals surface area contributed by atoms with E-state index in [1.807, 2.05) is 11.8 Å². The van der Waals surface area contributed by atoms with Crippen molar-refractivity contribution >= 4 is 5.82 Å². The van der Waals surface area contributed by atoms with Crippen molar-refractivity contribution in [2.24, 2.45) is 5.41 Å². The Morgan fingerprint density at radius 1 is 1.40 bits per heavy atom. The van der Waals surface area contributed by atoms with Gasteiger partial charge in [-0.25, -0.2) is 14.4 Å². The Morgan fingerprint density at radius 3 is 2.73 bits per heavy atom. The van der Waals surface area contributed by atoms with Crippen molar-refractivity contribution in [1.82, 2.24) is 9.97 Å². The SMILES string of the molecule is CCc1ncnc(N2CC3(CC3)C2)c1F. The molecule has 1 aromatic rings. The van der Waals surface area contributed by atoms with E-state index in [4.69, 9.17) is 0 Å². The maximum atomic E-state index is 13.8. The Balaban J connectivity index is 1.85. The molecule has 1 spiro atoms.